The molecule has 1 aliphatic heterocycles. The lowest BCUT2D eigenvalue weighted by Gasteiger charge is -2.39. The first-order valence-corrected chi connectivity index (χ1v) is 8.44. The van der Waals surface area contributed by atoms with Crippen molar-refractivity contribution in [3.05, 3.63) is 0 Å². The maximum atomic E-state index is 12.3. The zero-order valence-electron chi connectivity index (χ0n) is 12.5. The Bertz CT molecular complexity index is 333. The number of amides is 1. The lowest BCUT2D eigenvalue weighted by Crippen LogP contribution is -2.53. The molecule has 20 heavy (non-hydrogen) atoms. The number of piperazine rings is 1. The van der Waals surface area contributed by atoms with E-state index in [1.54, 1.807) is 0 Å². The summed E-state index contributed by atoms with van der Waals surface area (Å²) >= 11 is 0. The van der Waals surface area contributed by atoms with Gasteiger partial charge < -0.3 is 10.0 Å². The Morgan fingerprint density at radius 1 is 0.950 bits per heavy atom. The summed E-state index contributed by atoms with van der Waals surface area (Å²) in [4.78, 5) is 16.8. The van der Waals surface area contributed by atoms with Crippen molar-refractivity contribution >= 4 is 5.91 Å². The van der Waals surface area contributed by atoms with Crippen molar-refractivity contribution in [1.82, 2.24) is 9.80 Å². The third-order valence-corrected chi connectivity index (χ3v) is 5.52. The van der Waals surface area contributed by atoms with E-state index in [0.29, 0.717) is 17.9 Å². The van der Waals surface area contributed by atoms with Gasteiger partial charge in [-0.2, -0.15) is 0 Å². The summed E-state index contributed by atoms with van der Waals surface area (Å²) in [5.41, 5.74) is 0. The molecule has 1 saturated heterocycles. The fourth-order valence-electron chi connectivity index (χ4n) is 4.24. The van der Waals surface area contributed by atoms with Gasteiger partial charge in [0.2, 0.25) is 5.91 Å². The number of aliphatic hydroxyl groups is 1. The van der Waals surface area contributed by atoms with Crippen molar-refractivity contribution in [3.63, 3.8) is 0 Å². The molecule has 0 aromatic heterocycles. The number of aliphatic hydroxyl groups excluding tert-OH is 1. The molecular weight excluding hydrogens is 252 g/mol. The zero-order valence-corrected chi connectivity index (χ0v) is 12.5. The molecule has 2 aliphatic carbocycles. The van der Waals surface area contributed by atoms with Crippen LogP contribution in [0.25, 0.3) is 0 Å². The van der Waals surface area contributed by atoms with Crippen LogP contribution in [-0.2, 0) is 4.79 Å². The average Bonchev–Trinajstić information content (AvgIpc) is 3.10. The first kappa shape index (κ1) is 14.3. The van der Waals surface area contributed by atoms with Gasteiger partial charge in [0.05, 0.1) is 6.10 Å². The predicted octanol–water partition coefficient (Wildman–Crippen LogP) is 1.62. The summed E-state index contributed by atoms with van der Waals surface area (Å²) < 4.78 is 0. The number of hydrogen-bond donors (Lipinski definition) is 1. The standard InChI is InChI=1S/C16H28N2O2/c19-15-7-3-6-14(15)17-8-10-18(11-9-17)16(20)12-13-4-1-2-5-13/h13-15,19H,1-12H2/t14-,15+/m1/s1. The van der Waals surface area contributed by atoms with Gasteiger partial charge in [-0.25, -0.2) is 0 Å². The largest absolute Gasteiger partial charge is 0.391 e. The molecule has 0 aromatic rings. The fourth-order valence-corrected chi connectivity index (χ4v) is 4.24. The quantitative estimate of drug-likeness (QED) is 0.854. The van der Waals surface area contributed by atoms with E-state index in [2.05, 4.69) is 9.80 Å². The summed E-state index contributed by atoms with van der Waals surface area (Å²) in [5, 5.41) is 9.98. The highest BCUT2D eigenvalue weighted by atomic mass is 16.3. The molecule has 1 amide bonds. The van der Waals surface area contributed by atoms with E-state index in [9.17, 15) is 9.90 Å². The molecule has 0 radical (unpaired) electrons. The molecule has 3 aliphatic rings. The van der Waals surface area contributed by atoms with Crippen LogP contribution >= 0.6 is 0 Å². The topological polar surface area (TPSA) is 43.8 Å². The number of rotatable bonds is 3. The number of nitrogens with zero attached hydrogens (tertiary/aromatic N) is 2. The lowest BCUT2D eigenvalue weighted by atomic mass is 10.0. The number of hydrogen-bond acceptors (Lipinski definition) is 3. The highest BCUT2D eigenvalue weighted by Crippen LogP contribution is 2.29. The maximum Gasteiger partial charge on any atom is 0.222 e. The summed E-state index contributed by atoms with van der Waals surface area (Å²) in [5.74, 6) is 1.01. The average molecular weight is 280 g/mol. The van der Waals surface area contributed by atoms with Crippen LogP contribution in [-0.4, -0.2) is 59.1 Å². The molecule has 2 saturated carbocycles. The van der Waals surface area contributed by atoms with Gasteiger partial charge in [0, 0.05) is 38.6 Å². The molecule has 3 rings (SSSR count). The van der Waals surface area contributed by atoms with Crippen LogP contribution < -0.4 is 0 Å². The second-order valence-corrected chi connectivity index (χ2v) is 6.84. The minimum Gasteiger partial charge on any atom is -0.391 e. The fraction of sp³-hybridized carbons (Fsp3) is 0.938. The van der Waals surface area contributed by atoms with Gasteiger partial charge in [0.1, 0.15) is 0 Å². The Morgan fingerprint density at radius 2 is 1.65 bits per heavy atom. The molecule has 0 spiro atoms. The summed E-state index contributed by atoms with van der Waals surface area (Å²) in [6, 6.07) is 0.349. The Balaban J connectivity index is 1.44. The Kier molecular flexibility index (Phi) is 4.61. The van der Waals surface area contributed by atoms with Gasteiger partial charge in [-0.15, -0.1) is 0 Å². The van der Waals surface area contributed by atoms with E-state index in [0.717, 1.165) is 51.9 Å². The molecule has 1 N–H and O–H groups in total. The summed E-state index contributed by atoms with van der Waals surface area (Å²) in [6.45, 7) is 3.60. The van der Waals surface area contributed by atoms with E-state index < -0.39 is 0 Å². The molecule has 0 bridgehead atoms. The molecule has 1 heterocycles. The van der Waals surface area contributed by atoms with E-state index in [-0.39, 0.29) is 6.10 Å². The van der Waals surface area contributed by atoms with Crippen LogP contribution in [0.3, 0.4) is 0 Å². The highest BCUT2D eigenvalue weighted by molar-refractivity contribution is 5.76. The Hall–Kier alpha value is -0.610. The van der Waals surface area contributed by atoms with E-state index in [4.69, 9.17) is 0 Å². The van der Waals surface area contributed by atoms with Gasteiger partial charge in [0.15, 0.2) is 0 Å². The van der Waals surface area contributed by atoms with Gasteiger partial charge in [-0.05, 0) is 38.0 Å². The SMILES string of the molecule is O=C(CC1CCCC1)N1CCN([C@@H]2CCC[C@@H]2O)CC1. The van der Waals surface area contributed by atoms with Crippen LogP contribution in [0.15, 0.2) is 0 Å². The Labute approximate surface area is 122 Å². The third kappa shape index (κ3) is 3.17. The molecule has 3 fully saturated rings. The van der Waals surface area contributed by atoms with Crippen LogP contribution in [0, 0.1) is 5.92 Å². The highest BCUT2D eigenvalue weighted by Gasteiger charge is 2.33. The van der Waals surface area contributed by atoms with Crippen LogP contribution in [0.1, 0.15) is 51.4 Å². The van der Waals surface area contributed by atoms with Crippen molar-refractivity contribution in [1.29, 1.82) is 0 Å². The van der Waals surface area contributed by atoms with Crippen molar-refractivity contribution in [2.45, 2.75) is 63.5 Å². The van der Waals surface area contributed by atoms with Crippen molar-refractivity contribution in [2.24, 2.45) is 5.92 Å². The molecule has 114 valence electrons. The first-order chi connectivity index (χ1) is 9.74. The second-order valence-electron chi connectivity index (χ2n) is 6.84. The van der Waals surface area contributed by atoms with Crippen molar-refractivity contribution in [2.75, 3.05) is 26.2 Å². The Morgan fingerprint density at radius 3 is 2.25 bits per heavy atom. The van der Waals surface area contributed by atoms with Crippen LogP contribution in [0.4, 0.5) is 0 Å². The summed E-state index contributed by atoms with van der Waals surface area (Å²) in [6.07, 6.45) is 8.97. The van der Waals surface area contributed by atoms with Gasteiger partial charge >= 0.3 is 0 Å². The predicted molar refractivity (Wildman–Crippen MR) is 78.4 cm³/mol. The molecule has 0 unspecified atom stereocenters. The molecule has 4 nitrogen and oxygen atoms in total. The monoisotopic (exact) mass is 280 g/mol. The molecule has 2 atom stereocenters. The minimum absolute atomic E-state index is 0.143. The number of carbonyl (C=O) groups is 1. The van der Waals surface area contributed by atoms with E-state index >= 15 is 0 Å². The van der Waals surface area contributed by atoms with Gasteiger partial charge in [0.25, 0.3) is 0 Å². The molecule has 4 heteroatoms. The second kappa shape index (κ2) is 6.44. The summed E-state index contributed by atoms with van der Waals surface area (Å²) in [7, 11) is 0. The molecule has 0 aromatic carbocycles. The van der Waals surface area contributed by atoms with Gasteiger partial charge in [-0.3, -0.25) is 9.69 Å². The maximum absolute atomic E-state index is 12.3. The van der Waals surface area contributed by atoms with Crippen molar-refractivity contribution in [3.8, 4) is 0 Å². The lowest BCUT2D eigenvalue weighted by molar-refractivity contribution is -0.134. The van der Waals surface area contributed by atoms with Crippen LogP contribution in [0.2, 0.25) is 0 Å². The smallest absolute Gasteiger partial charge is 0.222 e. The zero-order chi connectivity index (χ0) is 13.9. The normalized spacial score (nSPS) is 33.0. The minimum atomic E-state index is -0.143. The number of carbonyl (C=O) groups excluding carboxylic acids is 1. The van der Waals surface area contributed by atoms with E-state index in [1.807, 2.05) is 0 Å². The van der Waals surface area contributed by atoms with E-state index in [1.165, 1.54) is 25.7 Å². The molecular formula is C16H28N2O2. The van der Waals surface area contributed by atoms with Crippen molar-refractivity contribution < 1.29 is 9.90 Å². The van der Waals surface area contributed by atoms with Gasteiger partial charge in [-0.1, -0.05) is 12.8 Å². The first-order valence-electron chi connectivity index (χ1n) is 8.44. The van der Waals surface area contributed by atoms with Crippen LogP contribution in [0.5, 0.6) is 0 Å². The third-order valence-electron chi connectivity index (χ3n) is 5.52.